The maximum Gasteiger partial charge on any atom is 0.433 e. The first-order valence-electron chi connectivity index (χ1n) is 7.52. The first kappa shape index (κ1) is 21.1. The number of aromatic nitrogens is 2. The molecule has 0 amide bonds. The molecular weight excluding hydrogens is 392 g/mol. The minimum Gasteiger partial charge on any atom is -0.457 e. The van der Waals surface area contributed by atoms with Gasteiger partial charge in [-0.15, -0.1) is 0 Å². The fourth-order valence-corrected chi connectivity index (χ4v) is 1.89. The van der Waals surface area contributed by atoms with E-state index >= 15 is 0 Å². The quantitative estimate of drug-likeness (QED) is 0.343. The number of hydrogen-bond acceptors (Lipinski definition) is 6. The second-order valence-electron chi connectivity index (χ2n) is 5.44. The number of hydrazone groups is 1. The molecule has 1 aromatic heterocycles. The van der Waals surface area contributed by atoms with Crippen molar-refractivity contribution in [2.24, 2.45) is 15.9 Å². The molecular formula is C16H13F6N5O. The Balaban J connectivity index is 2.10. The molecule has 2 N–H and O–H groups in total. The number of hydrogen-bond donors (Lipinski definition) is 1. The summed E-state index contributed by atoms with van der Waals surface area (Å²) in [5.74, 6) is 0.634. The zero-order valence-electron chi connectivity index (χ0n) is 14.2. The van der Waals surface area contributed by atoms with Gasteiger partial charge in [-0.05, 0) is 24.3 Å². The summed E-state index contributed by atoms with van der Waals surface area (Å²) >= 11 is 0. The van der Waals surface area contributed by atoms with E-state index in [-0.39, 0.29) is 11.4 Å². The van der Waals surface area contributed by atoms with Crippen LogP contribution in [0.4, 0.5) is 32.0 Å². The molecule has 0 unspecified atom stereocenters. The van der Waals surface area contributed by atoms with Crippen molar-refractivity contribution in [1.82, 2.24) is 9.97 Å². The third kappa shape index (κ3) is 5.66. The van der Waals surface area contributed by atoms with Gasteiger partial charge in [0.2, 0.25) is 0 Å². The second-order valence-corrected chi connectivity index (χ2v) is 5.44. The Labute approximate surface area is 154 Å². The van der Waals surface area contributed by atoms with Crippen molar-refractivity contribution in [3.8, 4) is 6.01 Å². The van der Waals surface area contributed by atoms with Crippen LogP contribution in [0.5, 0.6) is 6.01 Å². The molecule has 2 aromatic rings. The average molecular weight is 405 g/mol. The third-order valence-corrected chi connectivity index (χ3v) is 3.22. The number of rotatable bonds is 6. The van der Waals surface area contributed by atoms with Crippen LogP contribution < -0.4 is 10.6 Å². The van der Waals surface area contributed by atoms with E-state index in [1.165, 1.54) is 0 Å². The van der Waals surface area contributed by atoms with Crippen LogP contribution in [-0.4, -0.2) is 28.5 Å². The summed E-state index contributed by atoms with van der Waals surface area (Å²) < 4.78 is 82.9. The molecule has 0 bridgehead atoms. The Morgan fingerprint density at radius 1 is 1.21 bits per heavy atom. The lowest BCUT2D eigenvalue weighted by atomic mass is 10.1. The lowest BCUT2D eigenvalue weighted by molar-refractivity contribution is -0.141. The molecule has 0 spiro atoms. The molecule has 150 valence electrons. The Bertz CT molecular complexity index is 892. The molecule has 12 heteroatoms. The van der Waals surface area contributed by atoms with Crippen molar-refractivity contribution in [3.05, 3.63) is 47.5 Å². The topological polar surface area (TPSA) is 85.8 Å². The lowest BCUT2D eigenvalue weighted by Crippen LogP contribution is -2.17. The monoisotopic (exact) mass is 405 g/mol. The third-order valence-electron chi connectivity index (χ3n) is 3.22. The fourth-order valence-electron chi connectivity index (χ4n) is 1.89. The van der Waals surface area contributed by atoms with Crippen LogP contribution in [-0.2, 0) is 12.1 Å². The van der Waals surface area contributed by atoms with E-state index in [2.05, 4.69) is 20.1 Å². The first-order valence-corrected chi connectivity index (χ1v) is 7.52. The molecule has 6 nitrogen and oxygen atoms in total. The van der Waals surface area contributed by atoms with E-state index in [4.69, 9.17) is 10.6 Å². The van der Waals surface area contributed by atoms with Crippen LogP contribution >= 0.6 is 0 Å². The van der Waals surface area contributed by atoms with Gasteiger partial charge in [0, 0.05) is 13.1 Å². The zero-order chi connectivity index (χ0) is 20.9. The zero-order valence-corrected chi connectivity index (χ0v) is 14.2. The largest absolute Gasteiger partial charge is 0.457 e. The van der Waals surface area contributed by atoms with Crippen molar-refractivity contribution >= 4 is 17.6 Å². The number of ether oxygens (including phenoxy) is 1. The van der Waals surface area contributed by atoms with Gasteiger partial charge in [0.15, 0.2) is 5.69 Å². The predicted octanol–water partition coefficient (Wildman–Crippen LogP) is 3.84. The van der Waals surface area contributed by atoms with Crippen molar-refractivity contribution in [2.75, 3.05) is 6.61 Å². The molecule has 0 saturated heterocycles. The summed E-state index contributed by atoms with van der Waals surface area (Å²) in [7, 11) is 0. The highest BCUT2D eigenvalue weighted by Crippen LogP contribution is 2.32. The number of nitrogens with zero attached hydrogens (tertiary/aromatic N) is 4. The normalized spacial score (nSPS) is 13.2. The van der Waals surface area contributed by atoms with Crippen LogP contribution in [0, 0.1) is 5.82 Å². The van der Waals surface area contributed by atoms with Gasteiger partial charge in [-0.1, -0.05) is 0 Å². The van der Waals surface area contributed by atoms with Crippen molar-refractivity contribution in [1.29, 1.82) is 0 Å². The average Bonchev–Trinajstić information content (AvgIpc) is 2.61. The maximum absolute atomic E-state index is 13.5. The summed E-state index contributed by atoms with van der Waals surface area (Å²) in [4.78, 5) is 10.5. The first-order chi connectivity index (χ1) is 13.0. The molecule has 1 aromatic carbocycles. The number of nitrogens with two attached hydrogens (primary N) is 1. The Kier molecular flexibility index (Phi) is 6.21. The molecule has 0 atom stereocenters. The van der Waals surface area contributed by atoms with Gasteiger partial charge in [0.25, 0.3) is 5.92 Å². The summed E-state index contributed by atoms with van der Waals surface area (Å²) in [6.07, 6.45) is -2.78. The minimum atomic E-state index is -4.67. The van der Waals surface area contributed by atoms with Crippen LogP contribution in [0.25, 0.3) is 0 Å². The van der Waals surface area contributed by atoms with Crippen molar-refractivity contribution in [2.45, 2.75) is 19.0 Å². The Hall–Kier alpha value is -3.18. The number of alkyl halides is 5. The molecule has 0 saturated carbocycles. The van der Waals surface area contributed by atoms with E-state index in [0.717, 1.165) is 30.6 Å². The molecule has 0 aliphatic rings. The van der Waals surface area contributed by atoms with E-state index in [1.807, 2.05) is 0 Å². The SMILES string of the molecule is CC(F)(F)c1cc(N=CC(COc2nccc(C(F)(F)F)n2)=NN)ccc1F. The molecule has 0 radical (unpaired) electrons. The van der Waals surface area contributed by atoms with E-state index in [0.29, 0.717) is 13.0 Å². The van der Waals surface area contributed by atoms with E-state index in [9.17, 15) is 26.3 Å². The standard InChI is InChI=1S/C16H13F6N5O/c1-15(18,19)11-6-9(2-3-12(11)17)25-7-10(27-23)8-28-14-24-5-4-13(26-14)16(20,21)22/h2-7H,8,23H2,1H3. The molecule has 28 heavy (non-hydrogen) atoms. The molecule has 1 heterocycles. The van der Waals surface area contributed by atoms with Crippen LogP contribution in [0.2, 0.25) is 0 Å². The summed E-state index contributed by atoms with van der Waals surface area (Å²) in [6, 6.07) is 2.91. The van der Waals surface area contributed by atoms with Crippen molar-refractivity contribution in [3.63, 3.8) is 0 Å². The predicted molar refractivity (Wildman–Crippen MR) is 88.3 cm³/mol. The van der Waals surface area contributed by atoms with Crippen LogP contribution in [0.15, 0.2) is 40.6 Å². The van der Waals surface area contributed by atoms with Crippen molar-refractivity contribution < 1.29 is 31.1 Å². The molecule has 0 aliphatic carbocycles. The Morgan fingerprint density at radius 2 is 1.93 bits per heavy atom. The van der Waals surface area contributed by atoms with Gasteiger partial charge >= 0.3 is 12.2 Å². The number of benzene rings is 1. The highest BCUT2D eigenvalue weighted by Gasteiger charge is 2.33. The van der Waals surface area contributed by atoms with Gasteiger partial charge in [-0.2, -0.15) is 23.3 Å². The molecule has 2 rings (SSSR count). The van der Waals surface area contributed by atoms with Crippen LogP contribution in [0.3, 0.4) is 0 Å². The maximum atomic E-state index is 13.5. The molecule has 0 fully saturated rings. The highest BCUT2D eigenvalue weighted by atomic mass is 19.4. The van der Waals surface area contributed by atoms with E-state index in [1.54, 1.807) is 0 Å². The number of aliphatic imine (C=N–C) groups is 1. The van der Waals surface area contributed by atoms with Crippen LogP contribution in [0.1, 0.15) is 18.2 Å². The van der Waals surface area contributed by atoms with Gasteiger partial charge in [-0.3, -0.25) is 4.99 Å². The molecule has 0 aliphatic heterocycles. The summed E-state index contributed by atoms with van der Waals surface area (Å²) in [5.41, 5.74) is -2.12. The van der Waals surface area contributed by atoms with E-state index < -0.39 is 41.8 Å². The summed E-state index contributed by atoms with van der Waals surface area (Å²) in [6.45, 7) is 0.0912. The Morgan fingerprint density at radius 3 is 2.54 bits per heavy atom. The van der Waals surface area contributed by atoms with Gasteiger partial charge in [0.1, 0.15) is 18.1 Å². The van der Waals surface area contributed by atoms with Gasteiger partial charge < -0.3 is 10.6 Å². The second kappa shape index (κ2) is 8.23. The van der Waals surface area contributed by atoms with Gasteiger partial charge in [-0.25, -0.2) is 18.2 Å². The minimum absolute atomic E-state index is 0.0191. The number of halogens is 6. The fraction of sp³-hybridized carbons (Fsp3) is 0.250. The van der Waals surface area contributed by atoms with Gasteiger partial charge in [0.05, 0.1) is 17.5 Å². The smallest absolute Gasteiger partial charge is 0.433 e. The highest BCUT2D eigenvalue weighted by molar-refractivity contribution is 6.31. The summed E-state index contributed by atoms with van der Waals surface area (Å²) in [5, 5.41) is 3.32. The lowest BCUT2D eigenvalue weighted by Gasteiger charge is -2.11.